The van der Waals surface area contributed by atoms with Gasteiger partial charge in [0.2, 0.25) is 5.91 Å². The average Bonchev–Trinajstić information content (AvgIpc) is 2.88. The molecular formula is C30H42ClFN4O4. The quantitative estimate of drug-likeness (QED) is 0.198. The largest absolute Gasteiger partial charge is 0.456 e. The molecule has 2 aromatic carbocycles. The molecule has 2 rings (SSSR count). The second kappa shape index (κ2) is 16.3. The molecule has 2 aromatic rings. The summed E-state index contributed by atoms with van der Waals surface area (Å²) in [5.74, 6) is -1.83. The maximum Gasteiger partial charge on any atom is 0.338 e. The molecule has 0 unspecified atom stereocenters. The standard InChI is InChI=1S/C30H42ClFN4O4/c1-5-9-36(10-6-2)29(38)22-14-21(28(34)37)15-23(16-22)30(39)40-27(18-35-8-7-19(3)4)26(33)13-20-11-24(31)17-25(32)12-20/h11-12,14-17,19,26-27,35H,5-10,13,18,33H2,1-4H3,(H2,34,37)/t26-,27+/m0/s1. The number of amides is 2. The maximum absolute atomic E-state index is 13.9. The summed E-state index contributed by atoms with van der Waals surface area (Å²) in [6.45, 7) is 10.2. The van der Waals surface area contributed by atoms with Crippen LogP contribution < -0.4 is 16.8 Å². The lowest BCUT2D eigenvalue weighted by atomic mass is 10.0. The van der Waals surface area contributed by atoms with Crippen molar-refractivity contribution in [3.63, 3.8) is 0 Å². The summed E-state index contributed by atoms with van der Waals surface area (Å²) in [6, 6.07) is 7.57. The van der Waals surface area contributed by atoms with Gasteiger partial charge in [-0.1, -0.05) is 39.3 Å². The van der Waals surface area contributed by atoms with Crippen LogP contribution in [0.1, 0.15) is 83.6 Å². The van der Waals surface area contributed by atoms with Gasteiger partial charge in [0.25, 0.3) is 5.91 Å². The smallest absolute Gasteiger partial charge is 0.338 e. The number of nitrogens with one attached hydrogen (secondary N) is 1. The molecule has 5 N–H and O–H groups in total. The molecule has 0 fully saturated rings. The number of halogens is 2. The summed E-state index contributed by atoms with van der Waals surface area (Å²) >= 11 is 6.00. The summed E-state index contributed by atoms with van der Waals surface area (Å²) in [7, 11) is 0. The van der Waals surface area contributed by atoms with Gasteiger partial charge in [-0.15, -0.1) is 0 Å². The van der Waals surface area contributed by atoms with Crippen molar-refractivity contribution in [2.24, 2.45) is 17.4 Å². The van der Waals surface area contributed by atoms with Crippen molar-refractivity contribution in [2.75, 3.05) is 26.2 Å². The van der Waals surface area contributed by atoms with Crippen LogP contribution in [0.5, 0.6) is 0 Å². The molecule has 0 aliphatic carbocycles. The zero-order valence-corrected chi connectivity index (χ0v) is 24.6. The lowest BCUT2D eigenvalue weighted by Crippen LogP contribution is -2.46. The molecule has 40 heavy (non-hydrogen) atoms. The Labute approximate surface area is 241 Å². The Hall–Kier alpha value is -3.01. The first kappa shape index (κ1) is 33.2. The molecule has 2 atom stereocenters. The van der Waals surface area contributed by atoms with Gasteiger partial charge in [0.15, 0.2) is 0 Å². The molecule has 0 bridgehead atoms. The average molecular weight is 577 g/mol. The summed E-state index contributed by atoms with van der Waals surface area (Å²) in [6.07, 6.45) is 1.84. The second-order valence-corrected chi connectivity index (χ2v) is 10.9. The van der Waals surface area contributed by atoms with E-state index >= 15 is 0 Å². The van der Waals surface area contributed by atoms with Crippen molar-refractivity contribution < 1.29 is 23.5 Å². The first-order chi connectivity index (χ1) is 18.9. The molecule has 0 aliphatic rings. The fraction of sp³-hybridized carbons (Fsp3) is 0.500. The summed E-state index contributed by atoms with van der Waals surface area (Å²) in [4.78, 5) is 40.4. The van der Waals surface area contributed by atoms with E-state index in [1.54, 1.807) is 11.0 Å². The third kappa shape index (κ3) is 10.5. The predicted octanol–water partition coefficient (Wildman–Crippen LogP) is 4.57. The van der Waals surface area contributed by atoms with E-state index in [9.17, 15) is 18.8 Å². The number of carbonyl (C=O) groups excluding carboxylic acids is 3. The minimum Gasteiger partial charge on any atom is -0.456 e. The predicted molar refractivity (Wildman–Crippen MR) is 156 cm³/mol. The van der Waals surface area contributed by atoms with Crippen molar-refractivity contribution in [1.29, 1.82) is 0 Å². The first-order valence-electron chi connectivity index (χ1n) is 13.8. The van der Waals surface area contributed by atoms with Crippen LogP contribution >= 0.6 is 11.6 Å². The van der Waals surface area contributed by atoms with E-state index in [0.29, 0.717) is 31.1 Å². The van der Waals surface area contributed by atoms with Gasteiger partial charge < -0.3 is 26.4 Å². The monoisotopic (exact) mass is 576 g/mol. The van der Waals surface area contributed by atoms with Gasteiger partial charge in [-0.2, -0.15) is 0 Å². The molecule has 0 saturated heterocycles. The molecule has 220 valence electrons. The maximum atomic E-state index is 13.9. The molecule has 0 aromatic heterocycles. The third-order valence-electron chi connectivity index (χ3n) is 6.35. The summed E-state index contributed by atoms with van der Waals surface area (Å²) in [5, 5.41) is 3.52. The summed E-state index contributed by atoms with van der Waals surface area (Å²) < 4.78 is 19.7. The van der Waals surface area contributed by atoms with E-state index in [1.165, 1.54) is 30.3 Å². The van der Waals surface area contributed by atoms with E-state index in [1.807, 2.05) is 13.8 Å². The highest BCUT2D eigenvalue weighted by Crippen LogP contribution is 2.19. The minimum absolute atomic E-state index is 0.0146. The van der Waals surface area contributed by atoms with Gasteiger partial charge in [-0.05, 0) is 80.1 Å². The van der Waals surface area contributed by atoms with Gasteiger partial charge in [0.1, 0.15) is 11.9 Å². The van der Waals surface area contributed by atoms with Crippen LogP contribution in [0, 0.1) is 11.7 Å². The number of rotatable bonds is 16. The molecular weight excluding hydrogens is 535 g/mol. The SMILES string of the molecule is CCCN(CCC)C(=O)c1cc(C(N)=O)cc(C(=O)O[C@H](CNCCC(C)C)[C@@H](N)Cc2cc(F)cc(Cl)c2)c1. The number of hydrogen-bond donors (Lipinski definition) is 3. The van der Waals surface area contributed by atoms with Gasteiger partial charge >= 0.3 is 5.97 Å². The van der Waals surface area contributed by atoms with Crippen LogP contribution in [-0.2, 0) is 11.2 Å². The lowest BCUT2D eigenvalue weighted by Gasteiger charge is -2.25. The van der Waals surface area contributed by atoms with Crippen molar-refractivity contribution in [2.45, 2.75) is 65.5 Å². The van der Waals surface area contributed by atoms with Crippen molar-refractivity contribution in [3.05, 3.63) is 69.5 Å². The third-order valence-corrected chi connectivity index (χ3v) is 6.57. The Bertz CT molecular complexity index is 1130. The minimum atomic E-state index is -0.797. The van der Waals surface area contributed by atoms with Crippen LogP contribution in [0.25, 0.3) is 0 Å². The van der Waals surface area contributed by atoms with Crippen LogP contribution in [0.15, 0.2) is 36.4 Å². The van der Waals surface area contributed by atoms with Crippen molar-refractivity contribution in [1.82, 2.24) is 10.2 Å². The van der Waals surface area contributed by atoms with Crippen LogP contribution in [0.3, 0.4) is 0 Å². The molecule has 0 spiro atoms. The topological polar surface area (TPSA) is 128 Å². The molecule has 0 aliphatic heterocycles. The van der Waals surface area contributed by atoms with Gasteiger partial charge in [-0.25, -0.2) is 9.18 Å². The molecule has 10 heteroatoms. The Morgan fingerprint density at radius 1 is 1.00 bits per heavy atom. The Morgan fingerprint density at radius 2 is 1.62 bits per heavy atom. The number of esters is 1. The highest BCUT2D eigenvalue weighted by Gasteiger charge is 2.26. The highest BCUT2D eigenvalue weighted by molar-refractivity contribution is 6.30. The van der Waals surface area contributed by atoms with E-state index in [-0.39, 0.29) is 40.6 Å². The fourth-order valence-corrected chi connectivity index (χ4v) is 4.55. The zero-order chi connectivity index (χ0) is 29.8. The van der Waals surface area contributed by atoms with Gasteiger partial charge in [-0.3, -0.25) is 9.59 Å². The lowest BCUT2D eigenvalue weighted by molar-refractivity contribution is 0.0238. The number of carbonyl (C=O) groups is 3. The fourth-order valence-electron chi connectivity index (χ4n) is 4.30. The number of primary amides is 1. The number of benzene rings is 2. The summed E-state index contributed by atoms with van der Waals surface area (Å²) in [5.41, 5.74) is 12.8. The molecule has 2 amide bonds. The first-order valence-corrected chi connectivity index (χ1v) is 14.2. The zero-order valence-electron chi connectivity index (χ0n) is 23.8. The normalized spacial score (nSPS) is 12.7. The molecule has 0 heterocycles. The van der Waals surface area contributed by atoms with Crippen LogP contribution in [-0.4, -0.2) is 61.0 Å². The Kier molecular flexibility index (Phi) is 13.5. The van der Waals surface area contributed by atoms with Crippen molar-refractivity contribution in [3.8, 4) is 0 Å². The van der Waals surface area contributed by atoms with E-state index in [4.69, 9.17) is 27.8 Å². The highest BCUT2D eigenvalue weighted by atomic mass is 35.5. The number of ether oxygens (including phenoxy) is 1. The van der Waals surface area contributed by atoms with Crippen molar-refractivity contribution >= 4 is 29.4 Å². The molecule has 0 saturated carbocycles. The van der Waals surface area contributed by atoms with Crippen LogP contribution in [0.2, 0.25) is 5.02 Å². The number of hydrogen-bond acceptors (Lipinski definition) is 6. The van der Waals surface area contributed by atoms with E-state index in [0.717, 1.165) is 19.3 Å². The molecule has 0 radical (unpaired) electrons. The number of nitrogens with zero attached hydrogens (tertiary/aromatic N) is 1. The van der Waals surface area contributed by atoms with E-state index in [2.05, 4.69) is 19.2 Å². The number of nitrogens with two attached hydrogens (primary N) is 2. The molecule has 8 nitrogen and oxygen atoms in total. The van der Waals surface area contributed by atoms with Crippen LogP contribution in [0.4, 0.5) is 4.39 Å². The Morgan fingerprint density at radius 3 is 2.20 bits per heavy atom. The second-order valence-electron chi connectivity index (χ2n) is 10.4. The van der Waals surface area contributed by atoms with E-state index < -0.39 is 29.8 Å². The van der Waals surface area contributed by atoms with Gasteiger partial charge in [0, 0.05) is 41.8 Å². The van der Waals surface area contributed by atoms with Gasteiger partial charge in [0.05, 0.1) is 5.56 Å². The Balaban J connectivity index is 2.34.